The quantitative estimate of drug-likeness (QED) is 0.676. The molecule has 1 amide bonds. The lowest BCUT2D eigenvalue weighted by atomic mass is 10.1. The summed E-state index contributed by atoms with van der Waals surface area (Å²) in [6.45, 7) is 1.95. The molecule has 1 aromatic heterocycles. The van der Waals surface area contributed by atoms with Gasteiger partial charge in [-0.2, -0.15) is 0 Å². The van der Waals surface area contributed by atoms with E-state index in [4.69, 9.17) is 10.8 Å². The average Bonchev–Trinajstić information content (AvgIpc) is 2.28. The molecule has 0 aromatic carbocycles. The number of anilines is 1. The molecule has 6 nitrogen and oxygen atoms in total. The van der Waals surface area contributed by atoms with Gasteiger partial charge in [0.2, 0.25) is 0 Å². The first-order valence-corrected chi connectivity index (χ1v) is 5.73. The Morgan fingerprint density at radius 3 is 2.89 bits per heavy atom. The van der Waals surface area contributed by atoms with E-state index < -0.39 is 11.9 Å². The van der Waals surface area contributed by atoms with E-state index in [1.807, 2.05) is 6.92 Å². The number of hydrogen-bond acceptors (Lipinski definition) is 4. The number of carboxylic acid groups (broad SMARTS) is 1. The molecule has 6 heteroatoms. The number of nitrogens with zero attached hydrogens (tertiary/aromatic N) is 1. The molecule has 0 spiro atoms. The summed E-state index contributed by atoms with van der Waals surface area (Å²) < 4.78 is 0. The number of carboxylic acids is 1. The number of rotatable bonds is 7. The van der Waals surface area contributed by atoms with Crippen LogP contribution in [0.25, 0.3) is 0 Å². The van der Waals surface area contributed by atoms with Crippen LogP contribution in [-0.2, 0) is 4.79 Å². The van der Waals surface area contributed by atoms with Crippen LogP contribution in [0.4, 0.5) is 5.69 Å². The summed E-state index contributed by atoms with van der Waals surface area (Å²) in [5.74, 6) is -1.36. The van der Waals surface area contributed by atoms with Gasteiger partial charge in [-0.05, 0) is 31.9 Å². The summed E-state index contributed by atoms with van der Waals surface area (Å²) in [6.07, 6.45) is 3.01. The predicted molar refractivity (Wildman–Crippen MR) is 67.3 cm³/mol. The largest absolute Gasteiger partial charge is 0.481 e. The van der Waals surface area contributed by atoms with Crippen LogP contribution < -0.4 is 11.1 Å². The Morgan fingerprint density at radius 2 is 2.28 bits per heavy atom. The molecule has 0 aliphatic heterocycles. The molecule has 1 aromatic rings. The van der Waals surface area contributed by atoms with Crippen molar-refractivity contribution < 1.29 is 14.7 Å². The Kier molecular flexibility index (Phi) is 5.10. The number of carbonyl (C=O) groups is 2. The number of nitrogens with two attached hydrogens (primary N) is 1. The van der Waals surface area contributed by atoms with Crippen LogP contribution in [-0.4, -0.2) is 28.0 Å². The number of carbonyl (C=O) groups excluding carboxylic acids is 1. The zero-order valence-corrected chi connectivity index (χ0v) is 10.2. The Balaban J connectivity index is 2.48. The van der Waals surface area contributed by atoms with E-state index in [0.29, 0.717) is 6.42 Å². The van der Waals surface area contributed by atoms with Crippen molar-refractivity contribution in [2.45, 2.75) is 32.2 Å². The first-order chi connectivity index (χ1) is 8.49. The molecular formula is C12H17N3O3. The third-order valence-electron chi connectivity index (χ3n) is 2.45. The summed E-state index contributed by atoms with van der Waals surface area (Å²) in [6, 6.07) is 3.43. The SMILES string of the molecule is CC(CCCC(=O)O)Nc1ccnc(C(N)=O)c1. The molecule has 1 heterocycles. The Hall–Kier alpha value is -2.11. The van der Waals surface area contributed by atoms with E-state index in [1.54, 1.807) is 12.1 Å². The van der Waals surface area contributed by atoms with E-state index in [0.717, 1.165) is 12.1 Å². The van der Waals surface area contributed by atoms with Crippen LogP contribution in [0.5, 0.6) is 0 Å². The Morgan fingerprint density at radius 1 is 1.56 bits per heavy atom. The maximum atomic E-state index is 11.0. The first-order valence-electron chi connectivity index (χ1n) is 5.73. The molecule has 1 unspecified atom stereocenters. The molecular weight excluding hydrogens is 234 g/mol. The van der Waals surface area contributed by atoms with Gasteiger partial charge in [0.1, 0.15) is 5.69 Å². The van der Waals surface area contributed by atoms with Gasteiger partial charge >= 0.3 is 5.97 Å². The molecule has 0 bridgehead atoms. The fraction of sp³-hybridized carbons (Fsp3) is 0.417. The predicted octanol–water partition coefficient (Wildman–Crippen LogP) is 1.24. The van der Waals surface area contributed by atoms with Gasteiger partial charge in [-0.15, -0.1) is 0 Å². The van der Waals surface area contributed by atoms with E-state index in [9.17, 15) is 9.59 Å². The topological polar surface area (TPSA) is 105 Å². The van der Waals surface area contributed by atoms with Gasteiger partial charge in [0.25, 0.3) is 5.91 Å². The molecule has 0 aliphatic rings. The highest BCUT2D eigenvalue weighted by molar-refractivity contribution is 5.91. The molecule has 18 heavy (non-hydrogen) atoms. The lowest BCUT2D eigenvalue weighted by molar-refractivity contribution is -0.137. The van der Waals surface area contributed by atoms with Crippen LogP contribution in [0.15, 0.2) is 18.3 Å². The van der Waals surface area contributed by atoms with Gasteiger partial charge in [0, 0.05) is 24.3 Å². The minimum absolute atomic E-state index is 0.118. The summed E-state index contributed by atoms with van der Waals surface area (Å²) in [4.78, 5) is 25.2. The van der Waals surface area contributed by atoms with Crippen molar-refractivity contribution in [1.29, 1.82) is 0 Å². The highest BCUT2D eigenvalue weighted by Gasteiger charge is 2.06. The van der Waals surface area contributed by atoms with Crippen LogP contribution in [0.3, 0.4) is 0 Å². The monoisotopic (exact) mass is 251 g/mol. The summed E-state index contributed by atoms with van der Waals surface area (Å²) in [7, 11) is 0. The van der Waals surface area contributed by atoms with Crippen molar-refractivity contribution in [3.05, 3.63) is 24.0 Å². The Bertz CT molecular complexity index is 434. The van der Waals surface area contributed by atoms with Crippen LogP contribution in [0.1, 0.15) is 36.7 Å². The molecule has 1 atom stereocenters. The fourth-order valence-electron chi connectivity index (χ4n) is 1.57. The standard InChI is InChI=1S/C12H17N3O3/c1-8(3-2-4-11(16)17)15-9-5-6-14-10(7-9)12(13)18/h5-8H,2-4H2,1H3,(H2,13,18)(H,14,15)(H,16,17). The van der Waals surface area contributed by atoms with Gasteiger partial charge in [-0.1, -0.05) is 0 Å². The number of aromatic nitrogens is 1. The van der Waals surface area contributed by atoms with Crippen LogP contribution in [0.2, 0.25) is 0 Å². The van der Waals surface area contributed by atoms with Crippen LogP contribution in [0, 0.1) is 0 Å². The van der Waals surface area contributed by atoms with E-state index in [1.165, 1.54) is 6.20 Å². The third-order valence-corrected chi connectivity index (χ3v) is 2.45. The number of nitrogens with one attached hydrogen (secondary N) is 1. The zero-order chi connectivity index (χ0) is 13.5. The number of pyridine rings is 1. The maximum Gasteiger partial charge on any atom is 0.303 e. The highest BCUT2D eigenvalue weighted by atomic mass is 16.4. The first kappa shape index (κ1) is 14.0. The Labute approximate surface area is 105 Å². The average molecular weight is 251 g/mol. The van der Waals surface area contributed by atoms with Crippen molar-refractivity contribution in [2.24, 2.45) is 5.73 Å². The molecule has 1 rings (SSSR count). The number of amides is 1. The van der Waals surface area contributed by atoms with Gasteiger partial charge in [0.05, 0.1) is 0 Å². The van der Waals surface area contributed by atoms with E-state index in [2.05, 4.69) is 10.3 Å². The minimum atomic E-state index is -0.790. The second-order valence-electron chi connectivity index (χ2n) is 4.13. The smallest absolute Gasteiger partial charge is 0.303 e. The van der Waals surface area contributed by atoms with Crippen molar-refractivity contribution >= 4 is 17.6 Å². The lowest BCUT2D eigenvalue weighted by Gasteiger charge is -2.14. The second kappa shape index (κ2) is 6.58. The minimum Gasteiger partial charge on any atom is -0.481 e. The second-order valence-corrected chi connectivity index (χ2v) is 4.13. The number of aliphatic carboxylic acids is 1. The van der Waals surface area contributed by atoms with Crippen molar-refractivity contribution in [3.8, 4) is 0 Å². The van der Waals surface area contributed by atoms with Crippen molar-refractivity contribution in [2.75, 3.05) is 5.32 Å². The van der Waals surface area contributed by atoms with Crippen molar-refractivity contribution in [1.82, 2.24) is 4.98 Å². The molecule has 0 radical (unpaired) electrons. The third kappa shape index (κ3) is 4.82. The van der Waals surface area contributed by atoms with Gasteiger partial charge in [-0.3, -0.25) is 14.6 Å². The van der Waals surface area contributed by atoms with Gasteiger partial charge in [-0.25, -0.2) is 0 Å². The normalized spacial score (nSPS) is 11.8. The fourth-order valence-corrected chi connectivity index (χ4v) is 1.57. The number of hydrogen-bond donors (Lipinski definition) is 3. The number of primary amides is 1. The van der Waals surface area contributed by atoms with Crippen LogP contribution >= 0.6 is 0 Å². The maximum absolute atomic E-state index is 11.0. The lowest BCUT2D eigenvalue weighted by Crippen LogP contribution is -2.17. The van der Waals surface area contributed by atoms with Gasteiger partial charge in [0.15, 0.2) is 0 Å². The molecule has 4 N–H and O–H groups in total. The van der Waals surface area contributed by atoms with E-state index >= 15 is 0 Å². The van der Waals surface area contributed by atoms with Gasteiger partial charge < -0.3 is 16.2 Å². The molecule has 0 aliphatic carbocycles. The van der Waals surface area contributed by atoms with E-state index in [-0.39, 0.29) is 18.2 Å². The summed E-state index contributed by atoms with van der Waals surface area (Å²) >= 11 is 0. The highest BCUT2D eigenvalue weighted by Crippen LogP contribution is 2.12. The molecule has 0 saturated heterocycles. The zero-order valence-electron chi connectivity index (χ0n) is 10.2. The molecule has 0 fully saturated rings. The molecule has 0 saturated carbocycles. The summed E-state index contributed by atoms with van der Waals surface area (Å²) in [5, 5.41) is 11.7. The van der Waals surface area contributed by atoms with Crippen molar-refractivity contribution in [3.63, 3.8) is 0 Å². The molecule has 98 valence electrons. The summed E-state index contributed by atoms with van der Waals surface area (Å²) in [5.41, 5.74) is 6.09.